The summed E-state index contributed by atoms with van der Waals surface area (Å²) in [7, 11) is 0. The molecule has 0 aromatic carbocycles. The van der Waals surface area contributed by atoms with Crippen molar-refractivity contribution < 1.29 is 61.0 Å². The molecule has 0 saturated carbocycles. The molecule has 0 atom stereocenters. The summed E-state index contributed by atoms with van der Waals surface area (Å²) in [6, 6.07) is 0. The van der Waals surface area contributed by atoms with Crippen molar-refractivity contribution >= 4 is 17.3 Å². The summed E-state index contributed by atoms with van der Waals surface area (Å²) in [5.74, 6) is 0.312. The fourth-order valence-corrected chi connectivity index (χ4v) is 1.67. The first-order valence-electron chi connectivity index (χ1n) is 13.5. The van der Waals surface area contributed by atoms with Gasteiger partial charge in [-0.15, -0.1) is 0 Å². The molecule has 0 spiro atoms. The van der Waals surface area contributed by atoms with Crippen LogP contribution in [0.4, 0.5) is 0 Å². The van der Waals surface area contributed by atoms with Crippen LogP contribution in [0.2, 0.25) is 0 Å². The van der Waals surface area contributed by atoms with Crippen molar-refractivity contribution in [3.05, 3.63) is 35.5 Å². The third-order valence-corrected chi connectivity index (χ3v) is 5.33. The van der Waals surface area contributed by atoms with Crippen LogP contribution in [0.15, 0.2) is 35.5 Å². The third-order valence-electron chi connectivity index (χ3n) is 5.33. The molecule has 8 heteroatoms. The average Bonchev–Trinajstić information content (AvgIpc) is 2.64. The van der Waals surface area contributed by atoms with Crippen LogP contribution >= 0.6 is 0 Å². The van der Waals surface area contributed by atoms with E-state index >= 15 is 0 Å². The number of hydrogen-bond acceptors (Lipinski definition) is 6. The van der Waals surface area contributed by atoms with Gasteiger partial charge in [0.05, 0.1) is 0 Å². The van der Waals surface area contributed by atoms with E-state index < -0.39 is 16.2 Å². The van der Waals surface area contributed by atoms with Gasteiger partial charge in [0.25, 0.3) is 0 Å². The first-order chi connectivity index (χ1) is 16.6. The fourth-order valence-electron chi connectivity index (χ4n) is 1.67. The second-order valence-corrected chi connectivity index (χ2v) is 16.2. The molecular formula is C33H62O7Sc. The summed E-state index contributed by atoms with van der Waals surface area (Å²) < 4.78 is 0. The van der Waals surface area contributed by atoms with Crippen molar-refractivity contribution in [2.45, 2.75) is 125 Å². The summed E-state index contributed by atoms with van der Waals surface area (Å²) in [6.07, 6.45) is 4.00. The molecular weight excluding hydrogens is 553 g/mol. The van der Waals surface area contributed by atoms with Gasteiger partial charge in [0, 0.05) is 76.6 Å². The molecule has 0 bridgehead atoms. The molecule has 0 heterocycles. The number of allylic oxidation sites excluding steroid dienone is 6. The standard InChI is InChI=1S/3C11H20O2.H2O.Sc/c3*1-10(2,3)8(12)7-9(13)11(4,5)6;;/h3*7,12H,1-6H3;1H2;/b3*8-7-;;. The molecule has 0 amide bonds. The minimum absolute atomic E-state index is 0. The van der Waals surface area contributed by atoms with E-state index in [9.17, 15) is 29.7 Å². The van der Waals surface area contributed by atoms with E-state index in [0.29, 0.717) is 0 Å². The number of rotatable bonds is 3. The summed E-state index contributed by atoms with van der Waals surface area (Å²) in [5.41, 5.74) is -2.29. The monoisotopic (exact) mass is 615 g/mol. The van der Waals surface area contributed by atoms with Gasteiger partial charge in [0.15, 0.2) is 17.3 Å². The van der Waals surface area contributed by atoms with Crippen molar-refractivity contribution in [1.29, 1.82) is 0 Å². The molecule has 0 unspecified atom stereocenters. The van der Waals surface area contributed by atoms with Gasteiger partial charge in [-0.2, -0.15) is 0 Å². The maximum atomic E-state index is 11.5. The second kappa shape index (κ2) is 17.5. The van der Waals surface area contributed by atoms with Crippen LogP contribution in [-0.2, 0) is 40.2 Å². The molecule has 0 aliphatic carbocycles. The first-order valence-corrected chi connectivity index (χ1v) is 13.5. The molecule has 239 valence electrons. The summed E-state index contributed by atoms with van der Waals surface area (Å²) in [4.78, 5) is 34.5. The molecule has 0 aromatic heterocycles. The molecule has 0 fully saturated rings. The molecule has 5 N–H and O–H groups in total. The second-order valence-electron chi connectivity index (χ2n) is 16.2. The number of carbonyl (C=O) groups excluding carboxylic acids is 3. The van der Waals surface area contributed by atoms with Crippen LogP contribution < -0.4 is 0 Å². The van der Waals surface area contributed by atoms with Gasteiger partial charge in [0.1, 0.15) is 17.3 Å². The van der Waals surface area contributed by atoms with Gasteiger partial charge in [-0.05, 0) is 0 Å². The summed E-state index contributed by atoms with van der Waals surface area (Å²) >= 11 is 0. The molecule has 0 rings (SSSR count). The summed E-state index contributed by atoms with van der Waals surface area (Å²) in [5, 5.41) is 28.7. The smallest absolute Gasteiger partial charge is 0.164 e. The zero-order valence-electron chi connectivity index (χ0n) is 29.4. The number of carbonyl (C=O) groups is 3. The van der Waals surface area contributed by atoms with E-state index in [1.807, 2.05) is 125 Å². The van der Waals surface area contributed by atoms with E-state index in [2.05, 4.69) is 0 Å². The van der Waals surface area contributed by atoms with E-state index in [1.165, 1.54) is 18.2 Å². The van der Waals surface area contributed by atoms with Gasteiger partial charge in [-0.3, -0.25) is 14.4 Å². The van der Waals surface area contributed by atoms with Gasteiger partial charge >= 0.3 is 0 Å². The normalized spacial score (nSPS) is 13.8. The van der Waals surface area contributed by atoms with Gasteiger partial charge in [0.2, 0.25) is 0 Å². The minimum atomic E-state index is -0.417. The van der Waals surface area contributed by atoms with Crippen LogP contribution in [-0.4, -0.2) is 38.1 Å². The van der Waals surface area contributed by atoms with E-state index in [-0.39, 0.29) is 82.2 Å². The number of aliphatic hydroxyl groups excluding tert-OH is 3. The van der Waals surface area contributed by atoms with Crippen molar-refractivity contribution in [1.82, 2.24) is 0 Å². The van der Waals surface area contributed by atoms with Crippen LogP contribution in [0.1, 0.15) is 125 Å². The Bertz CT molecular complexity index is 803. The van der Waals surface area contributed by atoms with E-state index in [4.69, 9.17) is 0 Å². The Balaban J connectivity index is -0.000000154. The molecule has 41 heavy (non-hydrogen) atoms. The zero-order valence-corrected chi connectivity index (χ0v) is 31.2. The Kier molecular flexibility index (Phi) is 21.0. The van der Waals surface area contributed by atoms with E-state index in [0.717, 1.165) is 0 Å². The number of ketones is 3. The largest absolute Gasteiger partial charge is 0.512 e. The summed E-state index contributed by atoms with van der Waals surface area (Å²) in [6.45, 7) is 33.3. The minimum Gasteiger partial charge on any atom is -0.512 e. The topological polar surface area (TPSA) is 143 Å². The predicted octanol–water partition coefficient (Wildman–Crippen LogP) is 8.44. The maximum Gasteiger partial charge on any atom is 0.164 e. The number of hydrogen-bond donors (Lipinski definition) is 3. The van der Waals surface area contributed by atoms with Gasteiger partial charge in [-0.25, -0.2) is 0 Å². The van der Waals surface area contributed by atoms with Crippen LogP contribution in [0.5, 0.6) is 0 Å². The number of aliphatic hydroxyl groups is 3. The van der Waals surface area contributed by atoms with Gasteiger partial charge in [-0.1, -0.05) is 125 Å². The van der Waals surface area contributed by atoms with Crippen LogP contribution in [0, 0.1) is 32.5 Å². The van der Waals surface area contributed by atoms with Crippen LogP contribution in [0.25, 0.3) is 0 Å². The fraction of sp³-hybridized carbons (Fsp3) is 0.727. The Hall–Kier alpha value is -1.54. The molecule has 0 aliphatic heterocycles. The molecule has 7 nitrogen and oxygen atoms in total. The Morgan fingerprint density at radius 2 is 0.488 bits per heavy atom. The Morgan fingerprint density at radius 3 is 0.561 bits per heavy atom. The maximum absolute atomic E-state index is 11.5. The van der Waals surface area contributed by atoms with E-state index in [1.54, 1.807) is 0 Å². The van der Waals surface area contributed by atoms with Crippen molar-refractivity contribution in [3.8, 4) is 0 Å². The zero-order chi connectivity index (χ0) is 32.6. The third kappa shape index (κ3) is 23.7. The van der Waals surface area contributed by atoms with Gasteiger partial charge < -0.3 is 20.8 Å². The van der Waals surface area contributed by atoms with Crippen LogP contribution in [0.3, 0.4) is 0 Å². The Labute approximate surface area is 270 Å². The Morgan fingerprint density at radius 1 is 0.366 bits per heavy atom. The molecule has 1 radical (unpaired) electrons. The predicted molar refractivity (Wildman–Crippen MR) is 168 cm³/mol. The first kappa shape index (κ1) is 49.2. The molecule has 0 aromatic rings. The SMILES string of the molecule is CC(C)(C)C(=O)/C=C(\O)C(C)(C)C.CC(C)(C)C(=O)/C=C(\O)C(C)(C)C.CC(C)(C)C(=O)/C=C(\O)C(C)(C)C.O.[Sc]. The average molecular weight is 616 g/mol. The van der Waals surface area contributed by atoms with Crippen molar-refractivity contribution in [3.63, 3.8) is 0 Å². The van der Waals surface area contributed by atoms with Crippen molar-refractivity contribution in [2.24, 2.45) is 32.5 Å². The molecule has 0 aliphatic rings. The molecule has 0 saturated heterocycles. The quantitative estimate of drug-likeness (QED) is 0.215. The van der Waals surface area contributed by atoms with Crippen molar-refractivity contribution in [2.75, 3.05) is 0 Å².